The molecule has 1 fully saturated rings. The molecule has 1 unspecified atom stereocenters. The van der Waals surface area contributed by atoms with Crippen LogP contribution in [0.15, 0.2) is 12.1 Å². The first-order valence-corrected chi connectivity index (χ1v) is 6.95. The van der Waals surface area contributed by atoms with Gasteiger partial charge in [-0.3, -0.25) is 4.90 Å². The molecule has 1 aromatic rings. The number of benzene rings is 1. The average molecular weight is 279 g/mol. The van der Waals surface area contributed by atoms with Crippen LogP contribution in [0.4, 0.5) is 0 Å². The zero-order valence-electron chi connectivity index (χ0n) is 12.2. The van der Waals surface area contributed by atoms with Crippen LogP contribution in [0, 0.1) is 0 Å². The van der Waals surface area contributed by atoms with E-state index in [1.54, 1.807) is 6.07 Å². The van der Waals surface area contributed by atoms with Crippen LogP contribution in [0.25, 0.3) is 0 Å². The van der Waals surface area contributed by atoms with E-state index in [2.05, 4.69) is 25.7 Å². The normalized spacial score (nSPS) is 24.9. The summed E-state index contributed by atoms with van der Waals surface area (Å²) in [6.45, 7) is 8.86. The number of rotatable bonds is 2. The van der Waals surface area contributed by atoms with Crippen molar-refractivity contribution < 1.29 is 19.3 Å². The lowest BCUT2D eigenvalue weighted by molar-refractivity contribution is -0.130. The van der Waals surface area contributed by atoms with Crippen LogP contribution in [-0.4, -0.2) is 41.6 Å². The first-order valence-electron chi connectivity index (χ1n) is 6.95. The number of aromatic hydroxyl groups is 1. The molecular formula is C15H21NO4. The van der Waals surface area contributed by atoms with Crippen LogP contribution in [-0.2, 0) is 11.3 Å². The molecule has 5 nitrogen and oxygen atoms in total. The van der Waals surface area contributed by atoms with Crippen molar-refractivity contribution in [2.45, 2.75) is 39.0 Å². The maximum atomic E-state index is 10.1. The Morgan fingerprint density at radius 2 is 2.00 bits per heavy atom. The fourth-order valence-corrected chi connectivity index (χ4v) is 3.05. The van der Waals surface area contributed by atoms with Crippen molar-refractivity contribution in [2.75, 3.05) is 19.9 Å². The number of phenols is 1. The Morgan fingerprint density at radius 3 is 2.70 bits per heavy atom. The van der Waals surface area contributed by atoms with Crippen molar-refractivity contribution in [1.29, 1.82) is 0 Å². The van der Waals surface area contributed by atoms with Crippen molar-refractivity contribution in [3.8, 4) is 17.2 Å². The van der Waals surface area contributed by atoms with Gasteiger partial charge in [0.15, 0.2) is 11.5 Å². The maximum Gasteiger partial charge on any atom is 0.231 e. The molecule has 1 N–H and O–H groups in total. The minimum atomic E-state index is -0.163. The number of ether oxygens (including phenoxy) is 3. The van der Waals surface area contributed by atoms with E-state index in [9.17, 15) is 5.11 Å². The van der Waals surface area contributed by atoms with Crippen LogP contribution in [0.2, 0.25) is 0 Å². The number of morpholine rings is 1. The molecule has 0 saturated carbocycles. The van der Waals surface area contributed by atoms with Crippen LogP contribution >= 0.6 is 0 Å². The lowest BCUT2D eigenvalue weighted by Gasteiger charge is -2.41. The highest BCUT2D eigenvalue weighted by atomic mass is 16.7. The van der Waals surface area contributed by atoms with Gasteiger partial charge in [-0.25, -0.2) is 0 Å². The summed E-state index contributed by atoms with van der Waals surface area (Å²) in [7, 11) is 0. The highest BCUT2D eigenvalue weighted by molar-refractivity contribution is 5.51. The van der Waals surface area contributed by atoms with E-state index in [-0.39, 0.29) is 24.2 Å². The molecule has 5 heteroatoms. The Hall–Kier alpha value is -1.46. The molecule has 0 aliphatic carbocycles. The molecule has 0 radical (unpaired) electrons. The molecule has 1 aromatic carbocycles. The van der Waals surface area contributed by atoms with E-state index in [0.29, 0.717) is 18.0 Å². The minimum absolute atomic E-state index is 0.163. The molecule has 1 atom stereocenters. The molecule has 1 saturated heterocycles. The van der Waals surface area contributed by atoms with Crippen molar-refractivity contribution in [1.82, 2.24) is 4.90 Å². The Bertz CT molecular complexity index is 515. The van der Waals surface area contributed by atoms with Crippen molar-refractivity contribution in [3.05, 3.63) is 17.7 Å². The zero-order chi connectivity index (χ0) is 14.3. The predicted octanol–water partition coefficient (Wildman–Crippen LogP) is 2.12. The molecule has 20 heavy (non-hydrogen) atoms. The van der Waals surface area contributed by atoms with Crippen LogP contribution in [0.3, 0.4) is 0 Å². The number of hydrogen-bond donors (Lipinski definition) is 1. The third-order valence-electron chi connectivity index (χ3n) is 3.61. The van der Waals surface area contributed by atoms with Crippen LogP contribution in [0.1, 0.15) is 26.3 Å². The SMILES string of the molecule is CC1CN(Cc2cc3c(cc2O)OCO3)CC(C)(C)O1. The zero-order valence-corrected chi connectivity index (χ0v) is 12.2. The fraction of sp³-hybridized carbons (Fsp3) is 0.600. The Balaban J connectivity index is 1.77. The van der Waals surface area contributed by atoms with Gasteiger partial charge < -0.3 is 19.3 Å². The summed E-state index contributed by atoms with van der Waals surface area (Å²) in [4.78, 5) is 2.30. The number of hydrogen-bond acceptors (Lipinski definition) is 5. The monoisotopic (exact) mass is 279 g/mol. The lowest BCUT2D eigenvalue weighted by atomic mass is 10.0. The largest absolute Gasteiger partial charge is 0.507 e. The summed E-state index contributed by atoms with van der Waals surface area (Å²) < 4.78 is 16.5. The summed E-state index contributed by atoms with van der Waals surface area (Å²) in [5.74, 6) is 1.58. The molecule has 0 aromatic heterocycles. The standard InChI is InChI=1S/C15H21NO4/c1-10-6-16(8-15(2,3)20-10)7-11-4-13-14(5-12(11)17)19-9-18-13/h4-5,10,17H,6-9H2,1-3H3. The van der Waals surface area contributed by atoms with E-state index in [0.717, 1.165) is 18.7 Å². The second-order valence-corrected chi connectivity index (χ2v) is 6.19. The lowest BCUT2D eigenvalue weighted by Crippen LogP contribution is -2.51. The Morgan fingerprint density at radius 1 is 1.30 bits per heavy atom. The van der Waals surface area contributed by atoms with Gasteiger partial charge in [0.1, 0.15) is 5.75 Å². The molecule has 3 rings (SSSR count). The molecule has 0 spiro atoms. The van der Waals surface area contributed by atoms with E-state index in [4.69, 9.17) is 14.2 Å². The number of nitrogens with zero attached hydrogens (tertiary/aromatic N) is 1. The van der Waals surface area contributed by atoms with E-state index in [1.165, 1.54) is 0 Å². The van der Waals surface area contributed by atoms with Crippen molar-refractivity contribution in [2.24, 2.45) is 0 Å². The summed E-state index contributed by atoms with van der Waals surface area (Å²) in [5, 5.41) is 10.1. The average Bonchev–Trinajstić information content (AvgIpc) is 2.73. The molecule has 2 aliphatic rings. The Kier molecular flexibility index (Phi) is 3.26. The molecule has 110 valence electrons. The van der Waals surface area contributed by atoms with Gasteiger partial charge in [-0.05, 0) is 26.8 Å². The summed E-state index contributed by atoms with van der Waals surface area (Å²) in [5.41, 5.74) is 0.697. The van der Waals surface area contributed by atoms with Crippen molar-refractivity contribution >= 4 is 0 Å². The highest BCUT2D eigenvalue weighted by Crippen LogP contribution is 2.38. The van der Waals surface area contributed by atoms with Gasteiger partial charge in [0, 0.05) is 31.3 Å². The van der Waals surface area contributed by atoms with Gasteiger partial charge in [-0.1, -0.05) is 0 Å². The van der Waals surface area contributed by atoms with Gasteiger partial charge in [-0.15, -0.1) is 0 Å². The Labute approximate surface area is 119 Å². The van der Waals surface area contributed by atoms with Crippen molar-refractivity contribution in [3.63, 3.8) is 0 Å². The third kappa shape index (κ3) is 2.69. The molecule has 2 heterocycles. The third-order valence-corrected chi connectivity index (χ3v) is 3.61. The van der Waals surface area contributed by atoms with E-state index in [1.807, 2.05) is 6.07 Å². The van der Waals surface area contributed by atoms with E-state index >= 15 is 0 Å². The topological polar surface area (TPSA) is 51.2 Å². The first-order chi connectivity index (χ1) is 9.43. The van der Waals surface area contributed by atoms with Gasteiger partial charge in [0.25, 0.3) is 0 Å². The van der Waals surface area contributed by atoms with Gasteiger partial charge in [0.2, 0.25) is 6.79 Å². The first kappa shape index (κ1) is 13.5. The van der Waals surface area contributed by atoms with Crippen LogP contribution in [0.5, 0.6) is 17.2 Å². The number of fused-ring (bicyclic) bond motifs is 1. The quantitative estimate of drug-likeness (QED) is 0.898. The van der Waals surface area contributed by atoms with Gasteiger partial charge in [0.05, 0.1) is 11.7 Å². The second-order valence-electron chi connectivity index (χ2n) is 6.19. The minimum Gasteiger partial charge on any atom is -0.507 e. The number of phenolic OH excluding ortho intramolecular Hbond substituents is 1. The fourth-order valence-electron chi connectivity index (χ4n) is 3.05. The smallest absolute Gasteiger partial charge is 0.231 e. The molecule has 0 bridgehead atoms. The predicted molar refractivity (Wildman–Crippen MR) is 74.1 cm³/mol. The maximum absolute atomic E-state index is 10.1. The highest BCUT2D eigenvalue weighted by Gasteiger charge is 2.31. The summed E-state index contributed by atoms with van der Waals surface area (Å²) in [6.07, 6.45) is 0.190. The summed E-state index contributed by atoms with van der Waals surface area (Å²) >= 11 is 0. The van der Waals surface area contributed by atoms with Gasteiger partial charge >= 0.3 is 0 Å². The molecule has 0 amide bonds. The van der Waals surface area contributed by atoms with E-state index < -0.39 is 0 Å². The summed E-state index contributed by atoms with van der Waals surface area (Å²) in [6, 6.07) is 3.50. The molecular weight excluding hydrogens is 258 g/mol. The van der Waals surface area contributed by atoms with Gasteiger partial charge in [-0.2, -0.15) is 0 Å². The second kappa shape index (κ2) is 4.82. The molecule has 2 aliphatic heterocycles. The van der Waals surface area contributed by atoms with Crippen LogP contribution < -0.4 is 9.47 Å².